The van der Waals surface area contributed by atoms with Gasteiger partial charge in [-0.25, -0.2) is 17.2 Å². The zero-order valence-corrected chi connectivity index (χ0v) is 16.6. The molecule has 9 heteroatoms. The summed E-state index contributed by atoms with van der Waals surface area (Å²) in [6.07, 6.45) is -0.751. The van der Waals surface area contributed by atoms with Crippen molar-refractivity contribution in [2.75, 3.05) is 10.0 Å². The van der Waals surface area contributed by atoms with Gasteiger partial charge in [-0.05, 0) is 61.5 Å². The van der Waals surface area contributed by atoms with Crippen LogP contribution in [0.5, 0.6) is 5.75 Å². The maximum atomic E-state index is 13.3. The van der Waals surface area contributed by atoms with Crippen molar-refractivity contribution in [3.63, 3.8) is 0 Å². The van der Waals surface area contributed by atoms with E-state index in [-0.39, 0.29) is 11.6 Å². The number of rotatable bonds is 7. The van der Waals surface area contributed by atoms with Crippen LogP contribution in [0.4, 0.5) is 20.2 Å². The summed E-state index contributed by atoms with van der Waals surface area (Å²) in [5, 5.41) is 2.66. The van der Waals surface area contributed by atoms with Gasteiger partial charge < -0.3 is 10.1 Å². The smallest absolute Gasteiger partial charge is 0.265 e. The minimum Gasteiger partial charge on any atom is -0.481 e. The number of nitrogens with one attached hydrogen (secondary N) is 2. The van der Waals surface area contributed by atoms with Crippen LogP contribution in [0, 0.1) is 11.6 Å². The van der Waals surface area contributed by atoms with Gasteiger partial charge in [-0.15, -0.1) is 0 Å². The molecule has 0 aliphatic heterocycles. The number of hydrogen-bond donors (Lipinski definition) is 2. The number of carbonyl (C=O) groups excluding carboxylic acids is 1. The van der Waals surface area contributed by atoms with Crippen LogP contribution in [0.1, 0.15) is 6.92 Å². The molecule has 1 unspecified atom stereocenters. The Bertz CT molecular complexity index is 1140. The van der Waals surface area contributed by atoms with Crippen molar-refractivity contribution in [1.29, 1.82) is 0 Å². The Kier molecular flexibility index (Phi) is 6.31. The highest BCUT2D eigenvalue weighted by molar-refractivity contribution is 7.92. The molecular weight excluding hydrogens is 414 g/mol. The number of ether oxygens (including phenoxy) is 1. The van der Waals surface area contributed by atoms with Crippen LogP contribution < -0.4 is 14.8 Å². The van der Waals surface area contributed by atoms with E-state index in [0.29, 0.717) is 17.5 Å². The van der Waals surface area contributed by atoms with Gasteiger partial charge in [-0.1, -0.05) is 18.2 Å². The van der Waals surface area contributed by atoms with E-state index < -0.39 is 32.7 Å². The molecule has 3 aromatic rings. The van der Waals surface area contributed by atoms with E-state index in [0.717, 1.165) is 12.1 Å². The predicted molar refractivity (Wildman–Crippen MR) is 109 cm³/mol. The van der Waals surface area contributed by atoms with Gasteiger partial charge in [-0.2, -0.15) is 0 Å². The zero-order chi connectivity index (χ0) is 21.7. The third-order valence-corrected chi connectivity index (χ3v) is 5.41. The van der Waals surface area contributed by atoms with Gasteiger partial charge in [0.05, 0.1) is 4.90 Å². The molecule has 1 atom stereocenters. The fourth-order valence-corrected chi connectivity index (χ4v) is 3.55. The van der Waals surface area contributed by atoms with E-state index in [1.54, 1.807) is 31.2 Å². The van der Waals surface area contributed by atoms with Crippen molar-refractivity contribution >= 4 is 27.3 Å². The summed E-state index contributed by atoms with van der Waals surface area (Å²) in [6, 6.07) is 17.0. The molecule has 6 nitrogen and oxygen atoms in total. The van der Waals surface area contributed by atoms with Crippen LogP contribution in [0.25, 0.3) is 0 Å². The first-order valence-corrected chi connectivity index (χ1v) is 10.3. The maximum Gasteiger partial charge on any atom is 0.265 e. The average Bonchev–Trinajstić information content (AvgIpc) is 2.72. The molecule has 0 spiro atoms. The number of hydrogen-bond acceptors (Lipinski definition) is 4. The number of para-hydroxylation sites is 1. The Hall–Kier alpha value is -3.46. The number of carbonyl (C=O) groups is 1. The Balaban J connectivity index is 1.63. The molecule has 0 heterocycles. The first kappa shape index (κ1) is 21.3. The third-order valence-electron chi connectivity index (χ3n) is 4.03. The SMILES string of the molecule is CC(Oc1ccccc1)C(=O)Nc1ccc(NS(=O)(=O)c2ccc(F)c(F)c2)cc1. The van der Waals surface area contributed by atoms with Gasteiger partial charge >= 0.3 is 0 Å². The predicted octanol–water partition coefficient (Wildman–Crippen LogP) is 4.17. The highest BCUT2D eigenvalue weighted by Crippen LogP contribution is 2.20. The first-order valence-electron chi connectivity index (χ1n) is 8.85. The van der Waals surface area contributed by atoms with E-state index in [2.05, 4.69) is 10.0 Å². The van der Waals surface area contributed by atoms with E-state index in [1.165, 1.54) is 24.3 Å². The molecule has 156 valence electrons. The van der Waals surface area contributed by atoms with Gasteiger partial charge in [0, 0.05) is 11.4 Å². The van der Waals surface area contributed by atoms with Gasteiger partial charge in [0.15, 0.2) is 17.7 Å². The van der Waals surface area contributed by atoms with E-state index in [4.69, 9.17) is 4.74 Å². The van der Waals surface area contributed by atoms with Crippen LogP contribution >= 0.6 is 0 Å². The molecule has 3 rings (SSSR count). The second-order valence-electron chi connectivity index (χ2n) is 6.32. The van der Waals surface area contributed by atoms with Crippen molar-refractivity contribution in [1.82, 2.24) is 0 Å². The second-order valence-corrected chi connectivity index (χ2v) is 8.00. The lowest BCUT2D eigenvalue weighted by Gasteiger charge is -2.15. The minimum absolute atomic E-state index is 0.186. The molecule has 0 aliphatic carbocycles. The second kappa shape index (κ2) is 8.91. The first-order chi connectivity index (χ1) is 14.2. The van der Waals surface area contributed by atoms with Crippen LogP contribution in [-0.4, -0.2) is 20.4 Å². The molecule has 0 aliphatic rings. The Morgan fingerprint density at radius 3 is 2.17 bits per heavy atom. The quantitative estimate of drug-likeness (QED) is 0.587. The van der Waals surface area contributed by atoms with Gasteiger partial charge in [-0.3, -0.25) is 9.52 Å². The van der Waals surface area contributed by atoms with Crippen LogP contribution in [-0.2, 0) is 14.8 Å². The summed E-state index contributed by atoms with van der Waals surface area (Å²) in [5.74, 6) is -2.22. The lowest BCUT2D eigenvalue weighted by atomic mass is 10.2. The maximum absolute atomic E-state index is 13.3. The van der Waals surface area contributed by atoms with Crippen molar-refractivity contribution in [3.8, 4) is 5.75 Å². The molecule has 2 N–H and O–H groups in total. The Labute approximate surface area is 172 Å². The van der Waals surface area contributed by atoms with Crippen molar-refractivity contribution in [2.24, 2.45) is 0 Å². The molecule has 0 fully saturated rings. The highest BCUT2D eigenvalue weighted by Gasteiger charge is 2.18. The lowest BCUT2D eigenvalue weighted by molar-refractivity contribution is -0.122. The minimum atomic E-state index is -4.10. The summed E-state index contributed by atoms with van der Waals surface area (Å²) in [6.45, 7) is 1.60. The Morgan fingerprint density at radius 1 is 0.900 bits per heavy atom. The molecule has 0 saturated heterocycles. The number of benzene rings is 3. The standard InChI is InChI=1S/C21H18F2N2O4S/c1-14(29-17-5-3-2-4-6-17)21(26)24-15-7-9-16(10-8-15)25-30(27,28)18-11-12-19(22)20(23)13-18/h2-14,25H,1H3,(H,24,26). The third kappa shape index (κ3) is 5.32. The summed E-state index contributed by atoms with van der Waals surface area (Å²) >= 11 is 0. The summed E-state index contributed by atoms with van der Waals surface area (Å²) in [4.78, 5) is 11.8. The van der Waals surface area contributed by atoms with Crippen LogP contribution in [0.3, 0.4) is 0 Å². The summed E-state index contributed by atoms with van der Waals surface area (Å²) in [5.41, 5.74) is 0.616. The summed E-state index contributed by atoms with van der Waals surface area (Å²) < 4.78 is 58.7. The van der Waals surface area contributed by atoms with Crippen LogP contribution in [0.15, 0.2) is 77.7 Å². The number of anilines is 2. The zero-order valence-electron chi connectivity index (χ0n) is 15.8. The number of amides is 1. The molecule has 0 aromatic heterocycles. The summed E-state index contributed by atoms with van der Waals surface area (Å²) in [7, 11) is -4.10. The van der Waals surface area contributed by atoms with E-state index >= 15 is 0 Å². The van der Waals surface area contributed by atoms with Crippen molar-refractivity contribution < 1.29 is 26.7 Å². The number of halogens is 2. The molecule has 3 aromatic carbocycles. The lowest BCUT2D eigenvalue weighted by Crippen LogP contribution is -2.30. The van der Waals surface area contributed by atoms with Crippen LogP contribution in [0.2, 0.25) is 0 Å². The van der Waals surface area contributed by atoms with Gasteiger partial charge in [0.2, 0.25) is 0 Å². The fraction of sp³-hybridized carbons (Fsp3) is 0.0952. The monoisotopic (exact) mass is 432 g/mol. The number of sulfonamides is 1. The molecule has 0 radical (unpaired) electrons. The van der Waals surface area contributed by atoms with Gasteiger partial charge in [0.25, 0.3) is 15.9 Å². The molecule has 0 saturated carbocycles. The van der Waals surface area contributed by atoms with Gasteiger partial charge in [0.1, 0.15) is 5.75 Å². The molecule has 30 heavy (non-hydrogen) atoms. The van der Waals surface area contributed by atoms with E-state index in [1.807, 2.05) is 6.07 Å². The molecular formula is C21H18F2N2O4S. The fourth-order valence-electron chi connectivity index (χ4n) is 2.48. The molecule has 0 bridgehead atoms. The highest BCUT2D eigenvalue weighted by atomic mass is 32.2. The van der Waals surface area contributed by atoms with Crippen molar-refractivity contribution in [3.05, 3.63) is 84.4 Å². The average molecular weight is 432 g/mol. The Morgan fingerprint density at radius 2 is 1.53 bits per heavy atom. The van der Waals surface area contributed by atoms with Crippen molar-refractivity contribution in [2.45, 2.75) is 17.9 Å². The topological polar surface area (TPSA) is 84.5 Å². The molecule has 1 amide bonds. The largest absolute Gasteiger partial charge is 0.481 e. The van der Waals surface area contributed by atoms with E-state index in [9.17, 15) is 22.0 Å². The normalized spacial score (nSPS) is 12.1.